The first-order valence-corrected chi connectivity index (χ1v) is 23.1. The van der Waals surface area contributed by atoms with Gasteiger partial charge in [0.1, 0.15) is 13.2 Å². The number of rotatable bonds is 38. The number of phosphoric ester groups is 1. The van der Waals surface area contributed by atoms with E-state index in [0.717, 1.165) is 38.5 Å². The molecule has 0 saturated heterocycles. The summed E-state index contributed by atoms with van der Waals surface area (Å²) >= 11 is 0. The molecule has 0 bridgehead atoms. The highest BCUT2D eigenvalue weighted by Crippen LogP contribution is 2.43. The van der Waals surface area contributed by atoms with Gasteiger partial charge in [0.25, 0.3) is 0 Å². The van der Waals surface area contributed by atoms with Crippen LogP contribution in [0.5, 0.6) is 0 Å². The van der Waals surface area contributed by atoms with Gasteiger partial charge in [-0.1, -0.05) is 158 Å². The van der Waals surface area contributed by atoms with Crippen LogP contribution in [0.3, 0.4) is 0 Å². The molecule has 3 atom stereocenters. The van der Waals surface area contributed by atoms with Gasteiger partial charge in [0, 0.05) is 12.8 Å². The zero-order valence-electron chi connectivity index (χ0n) is 35.6. The highest BCUT2D eigenvalue weighted by atomic mass is 31.2. The highest BCUT2D eigenvalue weighted by Gasteiger charge is 2.27. The third kappa shape index (κ3) is 38.5. The van der Waals surface area contributed by atoms with Gasteiger partial charge in [-0.2, -0.15) is 0 Å². The van der Waals surface area contributed by atoms with Crippen molar-refractivity contribution >= 4 is 19.5 Å². The van der Waals surface area contributed by atoms with Crippen LogP contribution in [-0.2, 0) is 23.2 Å². The van der Waals surface area contributed by atoms with E-state index in [1.165, 1.54) is 96.0 Å². The molecule has 0 aliphatic heterocycles. The molecule has 0 aromatic heterocycles. The number of hydrogen-bond donors (Lipinski definition) is 3. The maximum atomic E-state index is 12.8. The Bertz CT molecular complexity index is 1140. The molecule has 318 valence electrons. The molecule has 0 rings (SSSR count). The summed E-state index contributed by atoms with van der Waals surface area (Å²) in [6, 6.07) is -0.963. The minimum atomic E-state index is -4.40. The monoisotopic (exact) mass is 794 g/mol. The average molecular weight is 794 g/mol. The number of hydrogen-bond acceptors (Lipinski definition) is 6. The lowest BCUT2D eigenvalue weighted by atomic mass is 10.0. The number of aliphatic hydroxyl groups excluding tert-OH is 1. The number of carbonyl (C=O) groups is 2. The Labute approximate surface area is 337 Å². The van der Waals surface area contributed by atoms with Gasteiger partial charge in [-0.3, -0.25) is 18.6 Å². The van der Waals surface area contributed by atoms with Gasteiger partial charge < -0.3 is 19.8 Å². The predicted octanol–water partition coefficient (Wildman–Crippen LogP) is 11.0. The SMILES string of the molecule is CCCCC/C=C\C/C=C\C/C=C\C=C\C(=O)CCCC(=O)N[C@@H](COP(=O)(O)OCC[N+](C)(C)C)[C@H](O)/C=C/CCCCCCCCCCCCCCC. The molecule has 1 unspecified atom stereocenters. The quantitative estimate of drug-likeness (QED) is 0.0142. The Morgan fingerprint density at radius 3 is 1.82 bits per heavy atom. The van der Waals surface area contributed by atoms with Crippen LogP contribution in [0, 0.1) is 0 Å². The van der Waals surface area contributed by atoms with E-state index < -0.39 is 26.6 Å². The summed E-state index contributed by atoms with van der Waals surface area (Å²) in [7, 11) is 1.42. The number of allylic oxidation sites excluding steroid dienone is 9. The van der Waals surface area contributed by atoms with Crippen LogP contribution in [0.4, 0.5) is 0 Å². The lowest BCUT2D eigenvalue weighted by Crippen LogP contribution is -2.45. The number of quaternary nitrogens is 1. The van der Waals surface area contributed by atoms with E-state index in [4.69, 9.17) is 9.05 Å². The lowest BCUT2D eigenvalue weighted by Gasteiger charge is -2.25. The summed E-state index contributed by atoms with van der Waals surface area (Å²) in [5.74, 6) is -0.458. The zero-order valence-corrected chi connectivity index (χ0v) is 36.5. The fourth-order valence-corrected chi connectivity index (χ4v) is 6.43. The van der Waals surface area contributed by atoms with E-state index in [0.29, 0.717) is 17.4 Å². The van der Waals surface area contributed by atoms with Crippen molar-refractivity contribution in [2.45, 2.75) is 174 Å². The standard InChI is InChI=1S/C45H81N2O7P/c1-6-8-10-12-14-16-18-20-21-23-25-27-29-31-33-37-44(49)43(41-54-55(51,52)53-40-39-47(3,4)5)46-45(50)38-34-36-42(48)35-32-30-28-26-24-22-19-17-15-13-11-9-7-2/h15,17,22,24,28,30,32-33,35,37,43-44,49H,6-14,16,18-21,23,25-27,29,31,34,36,38-41H2,1-5H3,(H-,46,50,51,52)/p+1/b17-15-,24-22-,30-28-,35-32+,37-33+/t43-,44+/m0/s1. The van der Waals surface area contributed by atoms with Crippen LogP contribution < -0.4 is 5.32 Å². The third-order valence-electron chi connectivity index (χ3n) is 9.21. The first kappa shape index (κ1) is 52.9. The zero-order chi connectivity index (χ0) is 40.9. The van der Waals surface area contributed by atoms with Crippen molar-refractivity contribution < 1.29 is 37.7 Å². The van der Waals surface area contributed by atoms with E-state index in [1.807, 2.05) is 39.4 Å². The van der Waals surface area contributed by atoms with Crippen molar-refractivity contribution in [2.24, 2.45) is 0 Å². The van der Waals surface area contributed by atoms with E-state index in [9.17, 15) is 24.2 Å². The summed E-state index contributed by atoms with van der Waals surface area (Å²) in [5.41, 5.74) is 0. The fraction of sp³-hybridized carbons (Fsp3) is 0.733. The highest BCUT2D eigenvalue weighted by molar-refractivity contribution is 7.47. The second-order valence-corrected chi connectivity index (χ2v) is 17.2. The van der Waals surface area contributed by atoms with Crippen LogP contribution in [0.25, 0.3) is 0 Å². The topological polar surface area (TPSA) is 122 Å². The van der Waals surface area contributed by atoms with E-state index in [1.54, 1.807) is 12.2 Å². The Morgan fingerprint density at radius 1 is 0.673 bits per heavy atom. The largest absolute Gasteiger partial charge is 0.472 e. The third-order valence-corrected chi connectivity index (χ3v) is 10.2. The Hall–Kier alpha value is -2.13. The van der Waals surface area contributed by atoms with Gasteiger partial charge in [-0.05, 0) is 51.0 Å². The van der Waals surface area contributed by atoms with Crippen LogP contribution in [-0.4, -0.2) is 79.2 Å². The van der Waals surface area contributed by atoms with Crippen molar-refractivity contribution in [1.29, 1.82) is 0 Å². The molecule has 0 fully saturated rings. The van der Waals surface area contributed by atoms with Crippen molar-refractivity contribution in [2.75, 3.05) is 40.9 Å². The van der Waals surface area contributed by atoms with Gasteiger partial charge in [-0.25, -0.2) is 4.57 Å². The Morgan fingerprint density at radius 2 is 1.20 bits per heavy atom. The number of nitrogens with one attached hydrogen (secondary N) is 1. The molecule has 0 spiro atoms. The minimum absolute atomic E-state index is 0.0162. The maximum Gasteiger partial charge on any atom is 0.472 e. The Balaban J connectivity index is 4.69. The number of nitrogens with zero attached hydrogens (tertiary/aromatic N) is 1. The summed E-state index contributed by atoms with van der Waals surface area (Å²) in [4.78, 5) is 35.4. The van der Waals surface area contributed by atoms with Crippen LogP contribution in [0.15, 0.2) is 60.8 Å². The number of phosphoric acid groups is 1. The van der Waals surface area contributed by atoms with Crippen molar-refractivity contribution in [3.63, 3.8) is 0 Å². The number of likely N-dealkylation sites (N-methyl/N-ethyl adjacent to an activating group) is 1. The molecule has 0 aromatic carbocycles. The van der Waals surface area contributed by atoms with Crippen LogP contribution in [0.1, 0.15) is 162 Å². The molecule has 0 saturated carbocycles. The average Bonchev–Trinajstić information content (AvgIpc) is 3.12. The molecule has 1 amide bonds. The van der Waals surface area contributed by atoms with E-state index in [-0.39, 0.29) is 31.1 Å². The lowest BCUT2D eigenvalue weighted by molar-refractivity contribution is -0.870. The van der Waals surface area contributed by atoms with Gasteiger partial charge in [0.05, 0.1) is 39.9 Å². The number of aliphatic hydroxyl groups is 1. The maximum absolute atomic E-state index is 12.8. The Kier molecular flexibility index (Phi) is 34.8. The first-order valence-electron chi connectivity index (χ1n) is 21.6. The summed E-state index contributed by atoms with van der Waals surface area (Å²) < 4.78 is 23.4. The molecule has 0 aliphatic rings. The van der Waals surface area contributed by atoms with E-state index in [2.05, 4.69) is 43.5 Å². The summed E-state index contributed by atoms with van der Waals surface area (Å²) in [5, 5.41) is 13.7. The molecule has 0 aliphatic carbocycles. The molecule has 10 heteroatoms. The predicted molar refractivity (Wildman–Crippen MR) is 231 cm³/mol. The molecule has 0 heterocycles. The number of carbonyl (C=O) groups excluding carboxylic acids is 2. The molecular weight excluding hydrogens is 711 g/mol. The molecule has 3 N–H and O–H groups in total. The van der Waals surface area contributed by atoms with Gasteiger partial charge >= 0.3 is 7.82 Å². The van der Waals surface area contributed by atoms with Crippen molar-refractivity contribution in [3.8, 4) is 0 Å². The fourth-order valence-electron chi connectivity index (χ4n) is 5.70. The molecule has 0 radical (unpaired) electrons. The minimum Gasteiger partial charge on any atom is -0.387 e. The molecular formula is C45H82N2O7P+. The summed E-state index contributed by atoms with van der Waals surface area (Å²) in [6.45, 7) is 4.57. The van der Waals surface area contributed by atoms with Crippen LogP contribution in [0.2, 0.25) is 0 Å². The second kappa shape index (κ2) is 36.2. The van der Waals surface area contributed by atoms with Gasteiger partial charge in [-0.15, -0.1) is 0 Å². The van der Waals surface area contributed by atoms with Crippen molar-refractivity contribution in [3.05, 3.63) is 60.8 Å². The van der Waals surface area contributed by atoms with E-state index >= 15 is 0 Å². The number of ketones is 1. The van der Waals surface area contributed by atoms with Gasteiger partial charge in [0.2, 0.25) is 5.91 Å². The second-order valence-electron chi connectivity index (χ2n) is 15.8. The van der Waals surface area contributed by atoms with Crippen molar-refractivity contribution in [1.82, 2.24) is 5.32 Å². The number of amides is 1. The number of unbranched alkanes of at least 4 members (excludes halogenated alkanes) is 16. The van der Waals surface area contributed by atoms with Gasteiger partial charge in [0.15, 0.2) is 5.78 Å². The molecule has 0 aromatic rings. The van der Waals surface area contributed by atoms with Crippen LogP contribution >= 0.6 is 7.82 Å². The normalized spacial score (nSPS) is 14.9. The molecule has 55 heavy (non-hydrogen) atoms. The summed E-state index contributed by atoms with van der Waals surface area (Å²) in [6.07, 6.45) is 42.8. The first-order chi connectivity index (χ1) is 26.4. The smallest absolute Gasteiger partial charge is 0.387 e. The molecule has 9 nitrogen and oxygen atoms in total.